The fraction of sp³-hybridized carbons (Fsp3) is 0.150. The molecule has 1 saturated heterocycles. The first kappa shape index (κ1) is 22.2. The molecule has 0 bridgehead atoms. The Morgan fingerprint density at radius 2 is 2.03 bits per heavy atom. The van der Waals surface area contributed by atoms with E-state index in [1.807, 2.05) is 0 Å². The van der Waals surface area contributed by atoms with Gasteiger partial charge in [0.15, 0.2) is 23.3 Å². The molecule has 3 rings (SSSR count). The number of carboxylic acid groups (broad SMARTS) is 1. The van der Waals surface area contributed by atoms with E-state index in [1.165, 1.54) is 11.8 Å². The summed E-state index contributed by atoms with van der Waals surface area (Å²) in [4.78, 5) is 28.0. The summed E-state index contributed by atoms with van der Waals surface area (Å²) in [5, 5.41) is 12.6. The Labute approximate surface area is 190 Å². The van der Waals surface area contributed by atoms with Crippen LogP contribution in [0, 0.1) is 0 Å². The third kappa shape index (κ3) is 5.78. The molecule has 0 unspecified atom stereocenters. The summed E-state index contributed by atoms with van der Waals surface area (Å²) < 4.78 is 11.4. The minimum absolute atomic E-state index is 0.270. The van der Waals surface area contributed by atoms with Crippen molar-refractivity contribution in [2.24, 2.45) is 4.99 Å². The minimum atomic E-state index is -1.10. The van der Waals surface area contributed by atoms with E-state index in [0.29, 0.717) is 43.2 Å². The van der Waals surface area contributed by atoms with Gasteiger partial charge in [0.05, 0.1) is 21.7 Å². The van der Waals surface area contributed by atoms with Crippen LogP contribution in [0.1, 0.15) is 12.5 Å². The number of carbonyl (C=O) groups excluding carboxylic acids is 1. The van der Waals surface area contributed by atoms with Crippen molar-refractivity contribution in [2.75, 3.05) is 13.2 Å². The lowest BCUT2D eigenvalue weighted by atomic mass is 10.2. The number of halogens is 2. The normalized spacial score (nSPS) is 16.0. The smallest absolute Gasteiger partial charge is 0.341 e. The van der Waals surface area contributed by atoms with E-state index in [1.54, 1.807) is 49.4 Å². The molecule has 1 amide bonds. The highest BCUT2D eigenvalue weighted by molar-refractivity contribution is 9.10. The second-order valence-electron chi connectivity index (χ2n) is 5.90. The molecule has 2 N–H and O–H groups in total. The summed E-state index contributed by atoms with van der Waals surface area (Å²) in [6.07, 6.45) is 1.69. The summed E-state index contributed by atoms with van der Waals surface area (Å²) in [7, 11) is 0. The molecule has 0 radical (unpaired) electrons. The summed E-state index contributed by atoms with van der Waals surface area (Å²) >= 11 is 10.5. The lowest BCUT2D eigenvalue weighted by molar-refractivity contribution is -0.139. The molecule has 1 heterocycles. The second kappa shape index (κ2) is 10.0. The van der Waals surface area contributed by atoms with E-state index in [4.69, 9.17) is 26.2 Å². The molecule has 0 atom stereocenters. The minimum Gasteiger partial charge on any atom is -0.490 e. The highest BCUT2D eigenvalue weighted by Crippen LogP contribution is 2.38. The van der Waals surface area contributed by atoms with Crippen LogP contribution in [0.25, 0.3) is 6.08 Å². The zero-order valence-electron chi connectivity index (χ0n) is 15.6. The monoisotopic (exact) mass is 510 g/mol. The van der Waals surface area contributed by atoms with Gasteiger partial charge in [-0.3, -0.25) is 4.79 Å². The van der Waals surface area contributed by atoms with Gasteiger partial charge in [-0.15, -0.1) is 0 Å². The van der Waals surface area contributed by atoms with Crippen LogP contribution >= 0.6 is 39.3 Å². The number of carboxylic acids is 1. The average Bonchev–Trinajstić information content (AvgIpc) is 3.02. The molecule has 1 fully saturated rings. The fourth-order valence-corrected chi connectivity index (χ4v) is 4.01. The van der Waals surface area contributed by atoms with E-state index in [2.05, 4.69) is 26.2 Å². The molecule has 0 aromatic heterocycles. The number of nitrogens with zero attached hydrogens (tertiary/aromatic N) is 1. The van der Waals surface area contributed by atoms with Crippen molar-refractivity contribution in [2.45, 2.75) is 6.92 Å². The largest absolute Gasteiger partial charge is 0.490 e. The standard InChI is InChI=1S/C20H16BrClN2O5S/c1-2-28-15-8-11(7-14(21)18(15)29-10-17(25)26)9-16-19(27)24-20(30-16)23-13-5-3-12(22)4-6-13/h3-9H,2,10H2,1H3,(H,25,26)(H,23,24,27)/b16-9+. The number of ether oxygens (including phenoxy) is 2. The van der Waals surface area contributed by atoms with Crippen LogP contribution in [0.5, 0.6) is 11.5 Å². The van der Waals surface area contributed by atoms with Gasteiger partial charge in [0, 0.05) is 5.02 Å². The van der Waals surface area contributed by atoms with Crippen LogP contribution in [0.2, 0.25) is 5.02 Å². The number of rotatable bonds is 7. The van der Waals surface area contributed by atoms with Crippen molar-refractivity contribution >= 4 is 68.1 Å². The molecule has 1 aliphatic rings. The van der Waals surface area contributed by atoms with Gasteiger partial charge in [-0.25, -0.2) is 9.79 Å². The highest BCUT2D eigenvalue weighted by atomic mass is 79.9. The number of amidine groups is 1. The molecule has 7 nitrogen and oxygen atoms in total. The molecular weight excluding hydrogens is 496 g/mol. The van der Waals surface area contributed by atoms with Crippen molar-refractivity contribution in [1.82, 2.24) is 5.32 Å². The van der Waals surface area contributed by atoms with E-state index >= 15 is 0 Å². The number of hydrogen-bond donors (Lipinski definition) is 2. The third-order valence-corrected chi connectivity index (χ3v) is 5.43. The number of nitrogens with one attached hydrogen (secondary N) is 1. The number of thioether (sulfide) groups is 1. The number of benzene rings is 2. The number of carbonyl (C=O) groups is 2. The van der Waals surface area contributed by atoms with Gasteiger partial charge in [-0.2, -0.15) is 0 Å². The number of aliphatic imine (C=N–C) groups is 1. The van der Waals surface area contributed by atoms with Gasteiger partial charge in [0.25, 0.3) is 5.91 Å². The van der Waals surface area contributed by atoms with Gasteiger partial charge in [0.2, 0.25) is 0 Å². The lowest BCUT2D eigenvalue weighted by Gasteiger charge is -2.13. The van der Waals surface area contributed by atoms with Gasteiger partial charge >= 0.3 is 5.97 Å². The molecule has 30 heavy (non-hydrogen) atoms. The predicted octanol–water partition coefficient (Wildman–Crippen LogP) is 4.86. The Balaban J connectivity index is 1.85. The first-order valence-corrected chi connectivity index (χ1v) is 10.7. The number of hydrogen-bond acceptors (Lipinski definition) is 6. The predicted molar refractivity (Wildman–Crippen MR) is 121 cm³/mol. The fourth-order valence-electron chi connectivity index (χ4n) is 2.47. The molecule has 0 saturated carbocycles. The quantitative estimate of drug-likeness (QED) is 0.516. The third-order valence-electron chi connectivity index (χ3n) is 3.68. The van der Waals surface area contributed by atoms with Gasteiger partial charge < -0.3 is 19.9 Å². The molecule has 156 valence electrons. The van der Waals surface area contributed by atoms with Crippen molar-refractivity contribution < 1.29 is 24.2 Å². The van der Waals surface area contributed by atoms with Crippen molar-refractivity contribution in [1.29, 1.82) is 0 Å². The van der Waals surface area contributed by atoms with E-state index in [9.17, 15) is 9.59 Å². The van der Waals surface area contributed by atoms with Crippen molar-refractivity contribution in [3.8, 4) is 11.5 Å². The second-order valence-corrected chi connectivity index (χ2v) is 8.22. The van der Waals surface area contributed by atoms with Crippen LogP contribution in [-0.2, 0) is 9.59 Å². The Kier molecular flexibility index (Phi) is 7.41. The van der Waals surface area contributed by atoms with Crippen molar-refractivity contribution in [3.05, 3.63) is 56.4 Å². The molecule has 1 aliphatic heterocycles. The van der Waals surface area contributed by atoms with Gasteiger partial charge in [0.1, 0.15) is 0 Å². The molecule has 2 aromatic carbocycles. The maximum absolute atomic E-state index is 12.3. The Hall–Kier alpha value is -2.49. The molecule has 0 spiro atoms. The molecule has 2 aromatic rings. The van der Waals surface area contributed by atoms with Crippen LogP contribution < -0.4 is 14.8 Å². The first-order valence-electron chi connectivity index (χ1n) is 8.71. The highest BCUT2D eigenvalue weighted by Gasteiger charge is 2.24. The maximum Gasteiger partial charge on any atom is 0.341 e. The van der Waals surface area contributed by atoms with Crippen LogP contribution in [-0.4, -0.2) is 35.4 Å². The number of amides is 1. The Morgan fingerprint density at radius 1 is 1.30 bits per heavy atom. The Morgan fingerprint density at radius 3 is 2.70 bits per heavy atom. The van der Waals surface area contributed by atoms with Crippen molar-refractivity contribution in [3.63, 3.8) is 0 Å². The van der Waals surface area contributed by atoms with E-state index < -0.39 is 12.6 Å². The zero-order chi connectivity index (χ0) is 21.7. The van der Waals surface area contributed by atoms with Gasteiger partial charge in [-0.1, -0.05) is 11.6 Å². The maximum atomic E-state index is 12.3. The topological polar surface area (TPSA) is 97.2 Å². The van der Waals surface area contributed by atoms with E-state index in [-0.39, 0.29) is 11.7 Å². The summed E-state index contributed by atoms with van der Waals surface area (Å²) in [6, 6.07) is 10.4. The summed E-state index contributed by atoms with van der Waals surface area (Å²) in [5.41, 5.74) is 1.35. The SMILES string of the molecule is CCOc1cc(/C=C2/SC(=Nc3ccc(Cl)cc3)NC2=O)cc(Br)c1OCC(=O)O. The zero-order valence-corrected chi connectivity index (χ0v) is 18.8. The average molecular weight is 512 g/mol. The number of aliphatic carboxylic acids is 1. The molecule has 0 aliphatic carbocycles. The van der Waals surface area contributed by atoms with Gasteiger partial charge in [-0.05, 0) is 82.7 Å². The van der Waals surface area contributed by atoms with Crippen LogP contribution in [0.3, 0.4) is 0 Å². The molecular formula is C20H16BrClN2O5S. The molecule has 10 heteroatoms. The van der Waals surface area contributed by atoms with E-state index in [0.717, 1.165) is 0 Å². The first-order chi connectivity index (χ1) is 14.4. The lowest BCUT2D eigenvalue weighted by Crippen LogP contribution is -2.19. The summed E-state index contributed by atoms with van der Waals surface area (Å²) in [6.45, 7) is 1.67. The van der Waals surface area contributed by atoms with Crippen LogP contribution in [0.4, 0.5) is 5.69 Å². The summed E-state index contributed by atoms with van der Waals surface area (Å²) in [5.74, 6) is -0.705. The van der Waals surface area contributed by atoms with Crippen LogP contribution in [0.15, 0.2) is 50.8 Å². The Bertz CT molecular complexity index is 1040.